The molecule has 47 heavy (non-hydrogen) atoms. The molecular formula is C33H47N5O8S. The van der Waals surface area contributed by atoms with Crippen molar-refractivity contribution in [2.24, 2.45) is 22.0 Å². The number of carboxylic acids is 1. The van der Waals surface area contributed by atoms with E-state index in [-0.39, 0.29) is 53.0 Å². The summed E-state index contributed by atoms with van der Waals surface area (Å²) in [6, 6.07) is 4.01. The highest BCUT2D eigenvalue weighted by Gasteiger charge is 2.66. The molecule has 2 heterocycles. The van der Waals surface area contributed by atoms with E-state index >= 15 is 0 Å². The molecule has 0 spiro atoms. The number of likely N-dealkylation sites (N-methyl/N-ethyl adjacent to an activating group) is 2. The number of aromatic carboxylic acids is 1. The van der Waals surface area contributed by atoms with Gasteiger partial charge in [-0.1, -0.05) is 19.9 Å². The number of rotatable bonds is 13. The lowest BCUT2D eigenvalue weighted by molar-refractivity contribution is -0.248. The summed E-state index contributed by atoms with van der Waals surface area (Å²) >= 11 is 0. The summed E-state index contributed by atoms with van der Waals surface area (Å²) in [6.07, 6.45) is 7.92. The highest BCUT2D eigenvalue weighted by atomic mass is 32.2. The molecule has 0 radical (unpaired) electrons. The van der Waals surface area contributed by atoms with Gasteiger partial charge in [0, 0.05) is 50.2 Å². The molecule has 6 rings (SSSR count). The third-order valence-corrected chi connectivity index (χ3v) is 11.2. The fraction of sp³-hybridized carbons (Fsp3) is 0.636. The van der Waals surface area contributed by atoms with Crippen LogP contribution in [0.5, 0.6) is 0 Å². The summed E-state index contributed by atoms with van der Waals surface area (Å²) in [5.41, 5.74) is 8.00. The first-order valence-electron chi connectivity index (χ1n) is 16.0. The number of hydrogen-bond acceptors (Lipinski definition) is 8. The van der Waals surface area contributed by atoms with Gasteiger partial charge in [-0.25, -0.2) is 9.78 Å². The molecule has 258 valence electrons. The molecule has 4 aliphatic carbocycles. The minimum absolute atomic E-state index is 0.00486. The number of carbonyl (C=O) groups excluding carboxylic acids is 2. The van der Waals surface area contributed by atoms with Crippen molar-refractivity contribution in [1.29, 1.82) is 0 Å². The van der Waals surface area contributed by atoms with E-state index in [9.17, 15) is 27.9 Å². The van der Waals surface area contributed by atoms with Gasteiger partial charge < -0.3 is 30.4 Å². The average molecular weight is 674 g/mol. The van der Waals surface area contributed by atoms with Crippen LogP contribution < -0.4 is 11.1 Å². The Morgan fingerprint density at radius 1 is 1.09 bits per heavy atom. The van der Waals surface area contributed by atoms with Crippen LogP contribution >= 0.6 is 0 Å². The van der Waals surface area contributed by atoms with Crippen LogP contribution in [0, 0.1) is 23.2 Å². The van der Waals surface area contributed by atoms with Crippen molar-refractivity contribution < 1.29 is 37.2 Å². The third kappa shape index (κ3) is 7.40. The molecule has 2 aromatic rings. The first kappa shape index (κ1) is 35.0. The quantitative estimate of drug-likeness (QED) is 0.230. The number of nitrogens with zero attached hydrogens (tertiary/aromatic N) is 3. The van der Waals surface area contributed by atoms with Crippen LogP contribution in [0.4, 0.5) is 0 Å². The van der Waals surface area contributed by atoms with Crippen molar-refractivity contribution >= 4 is 27.9 Å². The number of hydrogen-bond donors (Lipinski definition) is 4. The zero-order valence-corrected chi connectivity index (χ0v) is 28.7. The molecule has 0 saturated heterocycles. The molecule has 4 saturated carbocycles. The molecule has 5 N–H and O–H groups in total. The van der Waals surface area contributed by atoms with Crippen LogP contribution in [-0.2, 0) is 37.4 Å². The van der Waals surface area contributed by atoms with Gasteiger partial charge >= 0.3 is 5.97 Å². The van der Waals surface area contributed by atoms with Crippen LogP contribution in [0.2, 0.25) is 0 Å². The van der Waals surface area contributed by atoms with Crippen molar-refractivity contribution in [1.82, 2.24) is 19.8 Å². The molecule has 2 aromatic heterocycles. The van der Waals surface area contributed by atoms with Crippen LogP contribution in [0.25, 0.3) is 11.1 Å². The highest BCUT2D eigenvalue weighted by molar-refractivity contribution is 7.85. The number of carbonyl (C=O) groups is 3. The lowest BCUT2D eigenvalue weighted by atomic mass is 9.39. The van der Waals surface area contributed by atoms with Gasteiger partial charge in [-0.2, -0.15) is 8.42 Å². The molecular weight excluding hydrogens is 626 g/mol. The Morgan fingerprint density at radius 2 is 1.74 bits per heavy atom. The predicted molar refractivity (Wildman–Crippen MR) is 174 cm³/mol. The van der Waals surface area contributed by atoms with E-state index in [2.05, 4.69) is 28.7 Å². The second-order valence-corrected chi connectivity index (χ2v) is 16.6. The van der Waals surface area contributed by atoms with Gasteiger partial charge in [0.2, 0.25) is 11.8 Å². The number of carboxylic acid groups (broad SMARTS) is 1. The highest BCUT2D eigenvalue weighted by Crippen LogP contribution is 2.72. The lowest BCUT2D eigenvalue weighted by Crippen LogP contribution is -2.64. The largest absolute Gasteiger partial charge is 0.476 e. The van der Waals surface area contributed by atoms with E-state index in [0.29, 0.717) is 11.3 Å². The minimum atomic E-state index is -4.38. The molecule has 13 nitrogen and oxygen atoms in total. The molecule has 0 aromatic carbocycles. The van der Waals surface area contributed by atoms with Gasteiger partial charge in [-0.15, -0.1) is 0 Å². The number of pyridine rings is 1. The summed E-state index contributed by atoms with van der Waals surface area (Å²) in [7, 11) is -1.31. The van der Waals surface area contributed by atoms with Crippen molar-refractivity contribution in [3.8, 4) is 11.1 Å². The zero-order valence-electron chi connectivity index (χ0n) is 27.8. The molecule has 4 bridgehead atoms. The first-order valence-corrected chi connectivity index (χ1v) is 17.6. The average Bonchev–Trinajstić information content (AvgIpc) is 3.27. The van der Waals surface area contributed by atoms with Gasteiger partial charge in [-0.3, -0.25) is 14.1 Å². The number of amides is 2. The predicted octanol–water partition coefficient (Wildman–Crippen LogP) is 2.65. The van der Waals surface area contributed by atoms with E-state index in [1.165, 1.54) is 11.9 Å². The standard InChI is InChI=1S/C33H47N5O8S/c1-21-23(24-7-6-22(12-26(39)35-4)36-27(24)29(41)42)8-9-38(21)20-32-15-30(2)14-31(3,16-32)18-33(17-30,19-32)46-11-10-37(5)28(40)25(34)13-47(43,44)45/h6-9,25H,10-20,34H2,1-5H3,(H,35,39)(H,41,42)(H,43,44,45)/t25-,30?,31?,32?,33?/m0/s1. The zero-order chi connectivity index (χ0) is 34.6. The molecule has 2 unspecified atom stereocenters. The van der Waals surface area contributed by atoms with Crippen molar-refractivity contribution in [3.05, 3.63) is 41.5 Å². The van der Waals surface area contributed by atoms with Crippen LogP contribution in [0.3, 0.4) is 0 Å². The van der Waals surface area contributed by atoms with Gasteiger partial charge in [0.05, 0.1) is 30.1 Å². The SMILES string of the molecule is CNC(=O)Cc1ccc(-c2ccn(CC34CC5(C)CC(C)(C3)CC(OCCN(C)C(=O)[C@@H](N)CS(=O)(=O)O)(C5)C4)c2C)c(C(=O)O)n1. The first-order chi connectivity index (χ1) is 21.8. The Hall–Kier alpha value is -3.33. The van der Waals surface area contributed by atoms with Crippen molar-refractivity contribution in [3.63, 3.8) is 0 Å². The molecule has 3 atom stereocenters. The molecule has 0 aliphatic heterocycles. The summed E-state index contributed by atoms with van der Waals surface area (Å²) in [6.45, 7) is 7.95. The summed E-state index contributed by atoms with van der Waals surface area (Å²) in [5, 5.41) is 12.5. The van der Waals surface area contributed by atoms with E-state index in [0.717, 1.165) is 56.3 Å². The maximum atomic E-state index is 12.6. The van der Waals surface area contributed by atoms with E-state index < -0.39 is 33.8 Å². The van der Waals surface area contributed by atoms with Gasteiger partial charge in [0.25, 0.3) is 10.1 Å². The van der Waals surface area contributed by atoms with Crippen LogP contribution in [0.1, 0.15) is 74.2 Å². The molecule has 14 heteroatoms. The maximum Gasteiger partial charge on any atom is 0.355 e. The second-order valence-electron chi connectivity index (χ2n) is 15.1. The minimum Gasteiger partial charge on any atom is -0.476 e. The van der Waals surface area contributed by atoms with Gasteiger partial charge in [0.15, 0.2) is 5.69 Å². The van der Waals surface area contributed by atoms with Crippen molar-refractivity contribution in [2.75, 3.05) is 33.0 Å². The third-order valence-electron chi connectivity index (χ3n) is 10.4. The smallest absolute Gasteiger partial charge is 0.355 e. The summed E-state index contributed by atoms with van der Waals surface area (Å²) < 4.78 is 40.4. The monoisotopic (exact) mass is 673 g/mol. The molecule has 4 fully saturated rings. The topological polar surface area (TPSA) is 194 Å². The Balaban J connectivity index is 1.35. The number of nitrogens with two attached hydrogens (primary N) is 1. The second kappa shape index (κ2) is 12.3. The fourth-order valence-electron chi connectivity index (χ4n) is 9.84. The Morgan fingerprint density at radius 3 is 2.34 bits per heavy atom. The van der Waals surface area contributed by atoms with E-state index in [1.54, 1.807) is 19.2 Å². The summed E-state index contributed by atoms with van der Waals surface area (Å²) in [4.78, 5) is 42.4. The number of nitrogens with one attached hydrogen (secondary N) is 1. The maximum absolute atomic E-state index is 12.6. The van der Waals surface area contributed by atoms with E-state index in [4.69, 9.17) is 15.0 Å². The Kier molecular flexibility index (Phi) is 9.14. The molecule has 2 amide bonds. The number of aromatic nitrogens is 2. The Labute approximate surface area is 276 Å². The summed E-state index contributed by atoms with van der Waals surface area (Å²) in [5.74, 6) is -2.81. The van der Waals surface area contributed by atoms with Crippen LogP contribution in [0.15, 0.2) is 24.4 Å². The normalized spacial score (nSPS) is 28.7. The fourth-order valence-corrected chi connectivity index (χ4v) is 10.4. The lowest BCUT2D eigenvalue weighted by Gasteiger charge is -2.69. The van der Waals surface area contributed by atoms with Crippen LogP contribution in [-0.4, -0.2) is 95.0 Å². The van der Waals surface area contributed by atoms with Gasteiger partial charge in [-0.05, 0) is 73.8 Å². The van der Waals surface area contributed by atoms with Gasteiger partial charge in [0.1, 0.15) is 6.04 Å². The molecule has 4 aliphatic rings. The van der Waals surface area contributed by atoms with Crippen molar-refractivity contribution in [2.45, 2.75) is 83.9 Å². The Bertz CT molecular complexity index is 1670. The number of ether oxygens (including phenoxy) is 1. The van der Waals surface area contributed by atoms with E-state index in [1.807, 2.05) is 19.2 Å².